The number of nitrogens with one attached hydrogen (secondary N) is 1. The van der Waals surface area contributed by atoms with Crippen LogP contribution >= 0.6 is 15.9 Å². The van der Waals surface area contributed by atoms with Crippen molar-refractivity contribution in [3.05, 3.63) is 73.6 Å². The number of hydrogen-bond acceptors (Lipinski definition) is 2. The zero-order valence-corrected chi connectivity index (χ0v) is 12.8. The van der Waals surface area contributed by atoms with Crippen LogP contribution in [-0.4, -0.2) is 10.8 Å². The van der Waals surface area contributed by atoms with Crippen molar-refractivity contribution in [3.8, 4) is 0 Å². The average Bonchev–Trinajstić information content (AvgIpc) is 2.37. The molecule has 102 valence electrons. The highest BCUT2D eigenvalue weighted by molar-refractivity contribution is 9.10. The van der Waals surface area contributed by atoms with Gasteiger partial charge in [-0.05, 0) is 49.2 Å². The molecule has 4 heteroatoms. The highest BCUT2D eigenvalue weighted by Gasteiger charge is 2.11. The Morgan fingerprint density at radius 1 is 1.20 bits per heavy atom. The zero-order chi connectivity index (χ0) is 14.7. The molecule has 3 nitrogen and oxygen atoms in total. The molecular weight excluding hydrogens is 318 g/mol. The molecule has 0 atom stereocenters. The lowest BCUT2D eigenvalue weighted by molar-refractivity contribution is 0.104. The predicted octanol–water partition coefficient (Wildman–Crippen LogP) is 3.65. The fourth-order valence-electron chi connectivity index (χ4n) is 1.99. The van der Waals surface area contributed by atoms with E-state index in [-0.39, 0.29) is 16.9 Å². The second-order valence-corrected chi connectivity index (χ2v) is 5.50. The molecule has 2 rings (SSSR count). The van der Waals surface area contributed by atoms with E-state index in [2.05, 4.69) is 20.9 Å². The van der Waals surface area contributed by atoms with E-state index in [0.717, 1.165) is 15.7 Å². The van der Waals surface area contributed by atoms with Crippen LogP contribution in [0.25, 0.3) is 6.08 Å². The van der Waals surface area contributed by atoms with Crippen LogP contribution in [0.5, 0.6) is 0 Å². The fourth-order valence-corrected chi connectivity index (χ4v) is 2.25. The smallest absolute Gasteiger partial charge is 0.259 e. The molecule has 1 N–H and O–H groups in total. The monoisotopic (exact) mass is 331 g/mol. The van der Waals surface area contributed by atoms with E-state index in [1.807, 2.05) is 24.3 Å². The summed E-state index contributed by atoms with van der Waals surface area (Å²) in [5.41, 5.74) is 2.21. The van der Waals surface area contributed by atoms with Gasteiger partial charge in [0.2, 0.25) is 0 Å². The van der Waals surface area contributed by atoms with E-state index >= 15 is 0 Å². The Kier molecular flexibility index (Phi) is 4.35. The molecule has 0 spiro atoms. The quantitative estimate of drug-likeness (QED) is 0.689. The summed E-state index contributed by atoms with van der Waals surface area (Å²) in [6.07, 6.45) is 3.13. The van der Waals surface area contributed by atoms with Gasteiger partial charge in [-0.3, -0.25) is 9.59 Å². The summed E-state index contributed by atoms with van der Waals surface area (Å²) in [6.45, 7) is 3.56. The fraction of sp³-hybridized carbons (Fsp3) is 0.125. The van der Waals surface area contributed by atoms with Crippen LogP contribution in [0, 0.1) is 13.8 Å². The molecule has 20 heavy (non-hydrogen) atoms. The third kappa shape index (κ3) is 3.33. The lowest BCUT2D eigenvalue weighted by Gasteiger charge is -2.02. The van der Waals surface area contributed by atoms with E-state index < -0.39 is 0 Å². The number of benzene rings is 1. The first-order chi connectivity index (χ1) is 9.47. The van der Waals surface area contributed by atoms with E-state index in [4.69, 9.17) is 0 Å². The molecule has 2 aromatic rings. The van der Waals surface area contributed by atoms with Gasteiger partial charge in [-0.15, -0.1) is 0 Å². The normalized spacial score (nSPS) is 10.9. The molecule has 0 fully saturated rings. The first-order valence-corrected chi connectivity index (χ1v) is 6.95. The summed E-state index contributed by atoms with van der Waals surface area (Å²) in [6, 6.07) is 9.37. The second kappa shape index (κ2) is 6.01. The molecule has 0 unspecified atom stereocenters. The van der Waals surface area contributed by atoms with Gasteiger partial charge in [0.15, 0.2) is 5.78 Å². The molecule has 0 aliphatic rings. The van der Waals surface area contributed by atoms with Gasteiger partial charge < -0.3 is 4.98 Å². The van der Waals surface area contributed by atoms with Crippen LogP contribution in [0.2, 0.25) is 0 Å². The molecule has 0 saturated carbocycles. The standard InChI is InChI=1S/C16H14BrNO2/c1-10-9-11(2)18-16(20)15(10)14(19)8-5-12-3-6-13(17)7-4-12/h3-9H,1-2H3,(H,18,20). The van der Waals surface area contributed by atoms with Crippen molar-refractivity contribution in [1.29, 1.82) is 0 Å². The van der Waals surface area contributed by atoms with Gasteiger partial charge in [-0.25, -0.2) is 0 Å². The molecule has 0 amide bonds. The summed E-state index contributed by atoms with van der Waals surface area (Å²) in [5.74, 6) is -0.285. The second-order valence-electron chi connectivity index (χ2n) is 4.59. The van der Waals surface area contributed by atoms with Crippen LogP contribution in [0.15, 0.2) is 45.7 Å². The molecule has 0 saturated heterocycles. The summed E-state index contributed by atoms with van der Waals surface area (Å²) in [5, 5.41) is 0. The minimum atomic E-state index is -0.340. The first-order valence-electron chi connectivity index (χ1n) is 6.16. The maximum Gasteiger partial charge on any atom is 0.259 e. The van der Waals surface area contributed by atoms with Crippen LogP contribution in [0.1, 0.15) is 27.2 Å². The number of carbonyl (C=O) groups is 1. The van der Waals surface area contributed by atoms with E-state index in [9.17, 15) is 9.59 Å². The molecule has 0 radical (unpaired) electrons. The number of allylic oxidation sites excluding steroid dienone is 1. The highest BCUT2D eigenvalue weighted by atomic mass is 79.9. The Morgan fingerprint density at radius 3 is 2.45 bits per heavy atom. The maximum absolute atomic E-state index is 12.1. The number of aryl methyl sites for hydroxylation is 2. The number of carbonyl (C=O) groups excluding carboxylic acids is 1. The first kappa shape index (κ1) is 14.5. The van der Waals surface area contributed by atoms with Gasteiger partial charge in [0.25, 0.3) is 5.56 Å². The Hall–Kier alpha value is -1.94. The lowest BCUT2D eigenvalue weighted by atomic mass is 10.1. The van der Waals surface area contributed by atoms with Crippen molar-refractivity contribution in [2.45, 2.75) is 13.8 Å². The summed E-state index contributed by atoms with van der Waals surface area (Å²) in [7, 11) is 0. The van der Waals surface area contributed by atoms with Crippen molar-refractivity contribution < 1.29 is 4.79 Å². The number of hydrogen-bond donors (Lipinski definition) is 1. The van der Waals surface area contributed by atoms with Gasteiger partial charge in [0, 0.05) is 10.2 Å². The summed E-state index contributed by atoms with van der Waals surface area (Å²) >= 11 is 3.35. The third-order valence-electron chi connectivity index (χ3n) is 2.91. The minimum Gasteiger partial charge on any atom is -0.326 e. The van der Waals surface area contributed by atoms with E-state index in [0.29, 0.717) is 5.56 Å². The van der Waals surface area contributed by atoms with E-state index in [1.165, 1.54) is 6.08 Å². The van der Waals surface area contributed by atoms with Gasteiger partial charge in [-0.2, -0.15) is 0 Å². The predicted molar refractivity (Wildman–Crippen MR) is 84.0 cm³/mol. The number of H-pyrrole nitrogens is 1. The molecule has 0 aliphatic carbocycles. The Labute approximate surface area is 125 Å². The minimum absolute atomic E-state index is 0.198. The SMILES string of the molecule is Cc1cc(C)c(C(=O)C=Cc2ccc(Br)cc2)c(=O)[nH]1. The Balaban J connectivity index is 2.29. The number of aromatic amines is 1. The van der Waals surface area contributed by atoms with Crippen molar-refractivity contribution >= 4 is 27.8 Å². The van der Waals surface area contributed by atoms with Crippen molar-refractivity contribution in [1.82, 2.24) is 4.98 Å². The topological polar surface area (TPSA) is 49.9 Å². The van der Waals surface area contributed by atoms with Gasteiger partial charge in [-0.1, -0.05) is 34.1 Å². The highest BCUT2D eigenvalue weighted by Crippen LogP contribution is 2.12. The number of pyridine rings is 1. The van der Waals surface area contributed by atoms with Crippen LogP contribution in [-0.2, 0) is 0 Å². The number of halogens is 1. The van der Waals surface area contributed by atoms with Crippen LogP contribution in [0.3, 0.4) is 0 Å². The van der Waals surface area contributed by atoms with Crippen molar-refractivity contribution in [2.75, 3.05) is 0 Å². The number of rotatable bonds is 3. The molecule has 1 aromatic carbocycles. The molecule has 0 aliphatic heterocycles. The zero-order valence-electron chi connectivity index (χ0n) is 11.2. The third-order valence-corrected chi connectivity index (χ3v) is 3.44. The van der Waals surface area contributed by atoms with E-state index in [1.54, 1.807) is 26.0 Å². The molecule has 1 aromatic heterocycles. The lowest BCUT2D eigenvalue weighted by Crippen LogP contribution is -2.19. The maximum atomic E-state index is 12.1. The van der Waals surface area contributed by atoms with Gasteiger partial charge in [0.05, 0.1) is 5.56 Å². The van der Waals surface area contributed by atoms with Gasteiger partial charge in [0.1, 0.15) is 0 Å². The number of aromatic nitrogens is 1. The van der Waals surface area contributed by atoms with Crippen molar-refractivity contribution in [2.24, 2.45) is 0 Å². The average molecular weight is 332 g/mol. The van der Waals surface area contributed by atoms with Crippen LogP contribution < -0.4 is 5.56 Å². The number of ketones is 1. The molecular formula is C16H14BrNO2. The van der Waals surface area contributed by atoms with Crippen LogP contribution in [0.4, 0.5) is 0 Å². The van der Waals surface area contributed by atoms with Gasteiger partial charge >= 0.3 is 0 Å². The largest absolute Gasteiger partial charge is 0.326 e. The summed E-state index contributed by atoms with van der Waals surface area (Å²) in [4.78, 5) is 26.6. The van der Waals surface area contributed by atoms with Crippen molar-refractivity contribution in [3.63, 3.8) is 0 Å². The molecule has 0 bridgehead atoms. The Morgan fingerprint density at radius 2 is 1.85 bits per heavy atom. The Bertz CT molecular complexity index is 727. The summed E-state index contributed by atoms with van der Waals surface area (Å²) < 4.78 is 0.979. The molecule has 1 heterocycles.